The summed E-state index contributed by atoms with van der Waals surface area (Å²) in [5.74, 6) is 0.302. The number of nitrogens with zero attached hydrogens (tertiary/aromatic N) is 1. The highest BCUT2D eigenvalue weighted by Gasteiger charge is 2.28. The topological polar surface area (TPSA) is 67.9 Å². The van der Waals surface area contributed by atoms with Crippen LogP contribution >= 0.6 is 11.3 Å². The molecular formula is C21H26N2O4S. The van der Waals surface area contributed by atoms with Crippen LogP contribution in [0, 0.1) is 0 Å². The number of hydrogen-bond donors (Lipinski definition) is 1. The number of amides is 1. The summed E-state index contributed by atoms with van der Waals surface area (Å²) in [6.07, 6.45) is 2.86. The fourth-order valence-corrected chi connectivity index (χ4v) is 4.80. The molecule has 0 fully saturated rings. The van der Waals surface area contributed by atoms with E-state index in [4.69, 9.17) is 9.47 Å². The lowest BCUT2D eigenvalue weighted by Crippen LogP contribution is -2.30. The van der Waals surface area contributed by atoms with E-state index in [0.717, 1.165) is 36.1 Å². The van der Waals surface area contributed by atoms with Gasteiger partial charge in [0.25, 0.3) is 0 Å². The first kappa shape index (κ1) is 20.4. The molecule has 1 aliphatic carbocycles. The van der Waals surface area contributed by atoms with Crippen LogP contribution in [0.1, 0.15) is 39.7 Å². The van der Waals surface area contributed by atoms with Crippen LogP contribution in [0.2, 0.25) is 0 Å². The minimum Gasteiger partial charge on any atom is -0.496 e. The molecule has 1 aromatic heterocycles. The van der Waals surface area contributed by atoms with E-state index in [1.807, 2.05) is 36.2 Å². The summed E-state index contributed by atoms with van der Waals surface area (Å²) >= 11 is 1.50. The number of hydrogen-bond acceptors (Lipinski definition) is 6. The summed E-state index contributed by atoms with van der Waals surface area (Å²) in [5.41, 5.74) is 2.60. The zero-order valence-electron chi connectivity index (χ0n) is 16.5. The smallest absolute Gasteiger partial charge is 0.341 e. The van der Waals surface area contributed by atoms with Gasteiger partial charge in [-0.25, -0.2) is 4.79 Å². The molecule has 3 rings (SSSR count). The van der Waals surface area contributed by atoms with Crippen molar-refractivity contribution >= 4 is 28.2 Å². The number of esters is 1. The van der Waals surface area contributed by atoms with Gasteiger partial charge in [-0.15, -0.1) is 11.3 Å². The number of ether oxygens (including phenoxy) is 2. The molecule has 0 saturated carbocycles. The van der Waals surface area contributed by atoms with Gasteiger partial charge in [-0.05, 0) is 44.9 Å². The summed E-state index contributed by atoms with van der Waals surface area (Å²) in [6.45, 7) is 2.90. The van der Waals surface area contributed by atoms with Crippen LogP contribution in [-0.4, -0.2) is 44.1 Å². The monoisotopic (exact) mass is 402 g/mol. The molecule has 1 aromatic carbocycles. The lowest BCUT2D eigenvalue weighted by atomic mass is 10.1. The third-order valence-electron chi connectivity index (χ3n) is 4.70. The standard InChI is InChI=1S/C21H26N2O4S/c1-4-27-21(25)19-15-9-7-11-17(15)28-20(19)22-18(24)13-23(2)12-14-8-5-6-10-16(14)26-3/h5-6,8,10H,4,7,9,11-13H2,1-3H3,(H,22,24). The van der Waals surface area contributed by atoms with E-state index in [0.29, 0.717) is 23.7 Å². The number of para-hydroxylation sites is 1. The van der Waals surface area contributed by atoms with Gasteiger partial charge in [-0.1, -0.05) is 18.2 Å². The molecule has 6 nitrogen and oxygen atoms in total. The predicted molar refractivity (Wildman–Crippen MR) is 110 cm³/mol. The largest absolute Gasteiger partial charge is 0.496 e. The number of methoxy groups -OCH3 is 1. The Bertz CT molecular complexity index is 862. The SMILES string of the molecule is CCOC(=O)c1c(NC(=O)CN(C)Cc2ccccc2OC)sc2c1CCC2. The molecule has 0 saturated heterocycles. The average molecular weight is 403 g/mol. The Hall–Kier alpha value is -2.38. The minimum absolute atomic E-state index is 0.150. The molecule has 1 amide bonds. The lowest BCUT2D eigenvalue weighted by molar-refractivity contribution is -0.117. The number of thiophene rings is 1. The second-order valence-electron chi connectivity index (χ2n) is 6.81. The quantitative estimate of drug-likeness (QED) is 0.685. The first-order valence-corrected chi connectivity index (χ1v) is 10.3. The number of fused-ring (bicyclic) bond motifs is 1. The van der Waals surface area contributed by atoms with Crippen molar-refractivity contribution in [2.24, 2.45) is 0 Å². The third kappa shape index (κ3) is 4.54. The Morgan fingerprint density at radius 1 is 1.25 bits per heavy atom. The van der Waals surface area contributed by atoms with E-state index in [-0.39, 0.29) is 18.4 Å². The van der Waals surface area contributed by atoms with Gasteiger partial charge in [-0.2, -0.15) is 0 Å². The summed E-state index contributed by atoms with van der Waals surface area (Å²) in [4.78, 5) is 28.1. The van der Waals surface area contributed by atoms with Crippen molar-refractivity contribution in [1.82, 2.24) is 4.90 Å². The maximum atomic E-state index is 12.6. The zero-order valence-corrected chi connectivity index (χ0v) is 17.4. The number of rotatable bonds is 8. The molecule has 7 heteroatoms. The zero-order chi connectivity index (χ0) is 20.1. The highest BCUT2D eigenvalue weighted by Crippen LogP contribution is 2.39. The molecule has 0 radical (unpaired) electrons. The summed E-state index contributed by atoms with van der Waals surface area (Å²) < 4.78 is 10.6. The Morgan fingerprint density at radius 2 is 2.04 bits per heavy atom. The van der Waals surface area contributed by atoms with Gasteiger partial charge in [0.2, 0.25) is 5.91 Å². The Morgan fingerprint density at radius 3 is 2.79 bits per heavy atom. The van der Waals surface area contributed by atoms with E-state index in [1.165, 1.54) is 16.2 Å². The molecule has 0 atom stereocenters. The van der Waals surface area contributed by atoms with Crippen LogP contribution in [0.3, 0.4) is 0 Å². The fourth-order valence-electron chi connectivity index (χ4n) is 3.50. The Labute approximate surface area is 169 Å². The molecule has 28 heavy (non-hydrogen) atoms. The van der Waals surface area contributed by atoms with Crippen LogP contribution in [0.5, 0.6) is 5.75 Å². The van der Waals surface area contributed by atoms with Gasteiger partial charge in [0.1, 0.15) is 10.8 Å². The number of carbonyl (C=O) groups is 2. The van der Waals surface area contributed by atoms with Crippen molar-refractivity contribution < 1.29 is 19.1 Å². The highest BCUT2D eigenvalue weighted by molar-refractivity contribution is 7.17. The summed E-state index contributed by atoms with van der Waals surface area (Å²) in [6, 6.07) is 7.75. The maximum Gasteiger partial charge on any atom is 0.341 e. The number of nitrogens with one attached hydrogen (secondary N) is 1. The molecule has 0 bridgehead atoms. The number of likely N-dealkylation sites (N-methyl/N-ethyl adjacent to an activating group) is 1. The van der Waals surface area contributed by atoms with Crippen molar-refractivity contribution in [3.63, 3.8) is 0 Å². The van der Waals surface area contributed by atoms with Crippen LogP contribution in [-0.2, 0) is 28.9 Å². The average Bonchev–Trinajstić information content (AvgIpc) is 3.22. The van der Waals surface area contributed by atoms with Gasteiger partial charge in [-0.3, -0.25) is 9.69 Å². The summed E-state index contributed by atoms with van der Waals surface area (Å²) in [5, 5.41) is 3.54. The van der Waals surface area contributed by atoms with Gasteiger partial charge in [0.05, 0.1) is 25.8 Å². The van der Waals surface area contributed by atoms with Crippen LogP contribution < -0.4 is 10.1 Å². The van der Waals surface area contributed by atoms with Crippen molar-refractivity contribution in [2.75, 3.05) is 32.6 Å². The third-order valence-corrected chi connectivity index (χ3v) is 5.91. The van der Waals surface area contributed by atoms with E-state index >= 15 is 0 Å². The molecule has 1 N–H and O–H groups in total. The van der Waals surface area contributed by atoms with E-state index in [1.54, 1.807) is 14.0 Å². The molecule has 2 aromatic rings. The van der Waals surface area contributed by atoms with Crippen molar-refractivity contribution in [1.29, 1.82) is 0 Å². The maximum absolute atomic E-state index is 12.6. The van der Waals surface area contributed by atoms with Crippen LogP contribution in [0.4, 0.5) is 5.00 Å². The molecule has 150 valence electrons. The van der Waals surface area contributed by atoms with Crippen LogP contribution in [0.15, 0.2) is 24.3 Å². The number of anilines is 1. The number of aryl methyl sites for hydroxylation is 1. The molecular weight excluding hydrogens is 376 g/mol. The Balaban J connectivity index is 1.67. The molecule has 0 spiro atoms. The van der Waals surface area contributed by atoms with Crippen molar-refractivity contribution in [3.05, 3.63) is 45.8 Å². The second kappa shape index (κ2) is 9.21. The van der Waals surface area contributed by atoms with Gasteiger partial charge in [0.15, 0.2) is 0 Å². The molecule has 1 heterocycles. The van der Waals surface area contributed by atoms with Crippen molar-refractivity contribution in [2.45, 2.75) is 32.7 Å². The normalized spacial score (nSPS) is 12.7. The fraction of sp³-hybridized carbons (Fsp3) is 0.429. The minimum atomic E-state index is -0.348. The highest BCUT2D eigenvalue weighted by atomic mass is 32.1. The van der Waals surface area contributed by atoms with Gasteiger partial charge in [0, 0.05) is 17.0 Å². The van der Waals surface area contributed by atoms with E-state index in [2.05, 4.69) is 5.32 Å². The second-order valence-corrected chi connectivity index (χ2v) is 7.92. The molecule has 0 aliphatic heterocycles. The number of carbonyl (C=O) groups excluding carboxylic acids is 2. The van der Waals surface area contributed by atoms with E-state index < -0.39 is 0 Å². The van der Waals surface area contributed by atoms with Gasteiger partial charge < -0.3 is 14.8 Å². The van der Waals surface area contributed by atoms with Crippen LogP contribution in [0.25, 0.3) is 0 Å². The molecule has 0 unspecified atom stereocenters. The summed E-state index contributed by atoms with van der Waals surface area (Å²) in [7, 11) is 3.52. The predicted octanol–water partition coefficient (Wildman–Crippen LogP) is 3.49. The Kier molecular flexibility index (Phi) is 6.70. The lowest BCUT2D eigenvalue weighted by Gasteiger charge is -2.18. The van der Waals surface area contributed by atoms with Gasteiger partial charge >= 0.3 is 5.97 Å². The molecule has 1 aliphatic rings. The number of benzene rings is 1. The van der Waals surface area contributed by atoms with Crippen molar-refractivity contribution in [3.8, 4) is 5.75 Å². The first-order chi connectivity index (χ1) is 13.5. The van der Waals surface area contributed by atoms with E-state index in [9.17, 15) is 9.59 Å². The first-order valence-electron chi connectivity index (χ1n) is 9.45.